The van der Waals surface area contributed by atoms with Crippen LogP contribution in [0.3, 0.4) is 0 Å². The van der Waals surface area contributed by atoms with Crippen LogP contribution in [0.1, 0.15) is 38.5 Å². The van der Waals surface area contributed by atoms with Crippen LogP contribution in [0.2, 0.25) is 0 Å². The summed E-state index contributed by atoms with van der Waals surface area (Å²) in [7, 11) is 0. The van der Waals surface area contributed by atoms with Gasteiger partial charge in [0.25, 0.3) is 5.56 Å². The molecule has 1 fully saturated rings. The highest BCUT2D eigenvalue weighted by molar-refractivity contribution is 7.71. The lowest BCUT2D eigenvalue weighted by Gasteiger charge is -2.12. The van der Waals surface area contributed by atoms with E-state index in [9.17, 15) is 9.59 Å². The minimum atomic E-state index is -0.0753. The van der Waals surface area contributed by atoms with E-state index >= 15 is 0 Å². The first-order valence-corrected chi connectivity index (χ1v) is 11.9. The fraction of sp³-hybridized carbons (Fsp3) is 0.400. The molecule has 7 nitrogen and oxygen atoms in total. The van der Waals surface area contributed by atoms with Gasteiger partial charge in [0.1, 0.15) is 12.4 Å². The van der Waals surface area contributed by atoms with Gasteiger partial charge in [-0.05, 0) is 62.2 Å². The van der Waals surface area contributed by atoms with Crippen molar-refractivity contribution in [3.63, 3.8) is 0 Å². The first kappa shape index (κ1) is 23.2. The number of fused-ring (bicyclic) bond motifs is 1. The van der Waals surface area contributed by atoms with Gasteiger partial charge in [0.2, 0.25) is 5.91 Å². The van der Waals surface area contributed by atoms with Crippen LogP contribution in [-0.4, -0.2) is 34.8 Å². The van der Waals surface area contributed by atoms with E-state index in [2.05, 4.69) is 10.3 Å². The molecule has 2 heterocycles. The first-order chi connectivity index (χ1) is 16.1. The van der Waals surface area contributed by atoms with Gasteiger partial charge >= 0.3 is 0 Å². The van der Waals surface area contributed by atoms with Crippen LogP contribution in [0.15, 0.2) is 53.3 Å². The summed E-state index contributed by atoms with van der Waals surface area (Å²) < 4.78 is 13.4. The SMILES string of the molecule is O=C(CCCCCn1c(=S)[nH]c2ccccc2c1=O)Nc1cccc(OCC2CCCO2)c1. The number of para-hydroxylation sites is 1. The highest BCUT2D eigenvalue weighted by Crippen LogP contribution is 2.20. The topological polar surface area (TPSA) is 85.4 Å². The number of H-pyrrole nitrogens is 1. The molecule has 8 heteroatoms. The number of aromatic amines is 1. The standard InChI is InChI=1S/C25H29N3O4S/c29-23(26-18-8-6-9-19(16-18)32-17-20-10-7-15-31-20)13-2-1-5-14-28-24(30)21-11-3-4-12-22(21)27-25(28)33/h3-4,6,8-9,11-12,16,20H,1-2,5,7,10,13-15,17H2,(H,26,29)(H,27,33). The molecule has 0 aliphatic carbocycles. The molecule has 0 saturated carbocycles. The van der Waals surface area contributed by atoms with E-state index in [1.807, 2.05) is 42.5 Å². The maximum atomic E-state index is 12.7. The predicted octanol–water partition coefficient (Wildman–Crippen LogP) is 4.82. The van der Waals surface area contributed by atoms with Gasteiger partial charge in [0, 0.05) is 31.3 Å². The van der Waals surface area contributed by atoms with Gasteiger partial charge in [-0.2, -0.15) is 0 Å². The van der Waals surface area contributed by atoms with E-state index in [1.165, 1.54) is 0 Å². The van der Waals surface area contributed by atoms with Crippen molar-refractivity contribution in [2.24, 2.45) is 0 Å². The van der Waals surface area contributed by atoms with E-state index in [-0.39, 0.29) is 17.6 Å². The van der Waals surface area contributed by atoms with Crippen molar-refractivity contribution in [2.75, 3.05) is 18.5 Å². The molecule has 2 N–H and O–H groups in total. The summed E-state index contributed by atoms with van der Waals surface area (Å²) >= 11 is 5.35. The Balaban J connectivity index is 1.20. The molecule has 1 saturated heterocycles. The van der Waals surface area contributed by atoms with Crippen molar-refractivity contribution < 1.29 is 14.3 Å². The second kappa shape index (κ2) is 11.2. The molecule has 1 aromatic heterocycles. The predicted molar refractivity (Wildman–Crippen MR) is 131 cm³/mol. The summed E-state index contributed by atoms with van der Waals surface area (Å²) in [5, 5.41) is 3.56. The Morgan fingerprint density at radius 2 is 2.06 bits per heavy atom. The molecule has 0 bridgehead atoms. The molecule has 0 radical (unpaired) electrons. The number of nitrogens with one attached hydrogen (secondary N) is 2. The van der Waals surface area contributed by atoms with Crippen LogP contribution in [0.5, 0.6) is 5.75 Å². The molecule has 174 valence electrons. The van der Waals surface area contributed by atoms with Crippen LogP contribution in [0.25, 0.3) is 10.9 Å². The van der Waals surface area contributed by atoms with Gasteiger partial charge in [-0.1, -0.05) is 24.6 Å². The third-order valence-electron chi connectivity index (χ3n) is 5.75. The molecule has 1 aliphatic heterocycles. The molecule has 3 aromatic rings. The summed E-state index contributed by atoms with van der Waals surface area (Å²) in [6.45, 7) is 1.86. The average Bonchev–Trinajstić information content (AvgIpc) is 3.33. The maximum Gasteiger partial charge on any atom is 0.262 e. The monoisotopic (exact) mass is 467 g/mol. The lowest BCUT2D eigenvalue weighted by molar-refractivity contribution is -0.116. The van der Waals surface area contributed by atoms with Gasteiger partial charge < -0.3 is 19.8 Å². The van der Waals surface area contributed by atoms with Gasteiger partial charge in [0.05, 0.1) is 17.0 Å². The number of carbonyl (C=O) groups is 1. The van der Waals surface area contributed by atoms with E-state index < -0.39 is 0 Å². The number of nitrogens with zero attached hydrogens (tertiary/aromatic N) is 1. The largest absolute Gasteiger partial charge is 0.491 e. The number of hydrogen-bond donors (Lipinski definition) is 2. The Morgan fingerprint density at radius 1 is 1.18 bits per heavy atom. The van der Waals surface area contributed by atoms with E-state index in [0.29, 0.717) is 29.7 Å². The summed E-state index contributed by atoms with van der Waals surface area (Å²) in [5.74, 6) is 0.687. The molecule has 1 unspecified atom stereocenters. The van der Waals surface area contributed by atoms with Crippen LogP contribution in [0.4, 0.5) is 5.69 Å². The number of amides is 1. The number of ether oxygens (including phenoxy) is 2. The second-order valence-electron chi connectivity index (χ2n) is 8.27. The van der Waals surface area contributed by atoms with Crippen molar-refractivity contribution in [1.29, 1.82) is 0 Å². The Hall–Kier alpha value is -2.97. The van der Waals surface area contributed by atoms with Gasteiger partial charge in [0.15, 0.2) is 4.77 Å². The summed E-state index contributed by atoms with van der Waals surface area (Å²) in [6.07, 6.45) is 5.01. The van der Waals surface area contributed by atoms with Crippen LogP contribution >= 0.6 is 12.2 Å². The minimum absolute atomic E-state index is 0.0357. The zero-order valence-electron chi connectivity index (χ0n) is 18.5. The number of aromatic nitrogens is 2. The van der Waals surface area contributed by atoms with Crippen LogP contribution in [-0.2, 0) is 16.1 Å². The summed E-state index contributed by atoms with van der Waals surface area (Å²) in [4.78, 5) is 28.1. The zero-order chi connectivity index (χ0) is 23.0. The van der Waals surface area contributed by atoms with E-state index in [1.54, 1.807) is 10.6 Å². The van der Waals surface area contributed by atoms with Crippen LogP contribution < -0.4 is 15.6 Å². The van der Waals surface area contributed by atoms with Gasteiger partial charge in [-0.25, -0.2) is 0 Å². The minimum Gasteiger partial charge on any atom is -0.491 e. The molecule has 4 rings (SSSR count). The van der Waals surface area contributed by atoms with E-state index in [0.717, 1.165) is 55.7 Å². The molecule has 1 amide bonds. The number of carbonyl (C=O) groups excluding carboxylic acids is 1. The van der Waals surface area contributed by atoms with Gasteiger partial charge in [-0.3, -0.25) is 14.2 Å². The smallest absolute Gasteiger partial charge is 0.262 e. The van der Waals surface area contributed by atoms with E-state index in [4.69, 9.17) is 21.7 Å². The molecule has 1 atom stereocenters. The molecule has 1 aliphatic rings. The molecular weight excluding hydrogens is 438 g/mol. The lowest BCUT2D eigenvalue weighted by Crippen LogP contribution is -2.22. The molecule has 33 heavy (non-hydrogen) atoms. The van der Waals surface area contributed by atoms with Crippen LogP contribution in [0, 0.1) is 4.77 Å². The highest BCUT2D eigenvalue weighted by Gasteiger charge is 2.16. The summed E-state index contributed by atoms with van der Waals surface area (Å²) in [6, 6.07) is 14.8. The van der Waals surface area contributed by atoms with Crippen molar-refractivity contribution in [2.45, 2.75) is 51.2 Å². The average molecular weight is 468 g/mol. The Bertz CT molecular complexity index is 1210. The first-order valence-electron chi connectivity index (χ1n) is 11.5. The number of benzene rings is 2. The molecule has 0 spiro atoms. The Labute approximate surface area is 197 Å². The third kappa shape index (κ3) is 6.30. The van der Waals surface area contributed by atoms with Gasteiger partial charge in [-0.15, -0.1) is 0 Å². The zero-order valence-corrected chi connectivity index (χ0v) is 19.4. The number of anilines is 1. The third-order valence-corrected chi connectivity index (χ3v) is 6.08. The number of hydrogen-bond acceptors (Lipinski definition) is 5. The normalized spacial score (nSPS) is 15.6. The fourth-order valence-electron chi connectivity index (χ4n) is 3.99. The Morgan fingerprint density at radius 3 is 2.91 bits per heavy atom. The molecular formula is C25H29N3O4S. The number of unbranched alkanes of at least 4 members (excludes halogenated alkanes) is 2. The van der Waals surface area contributed by atoms with Crippen molar-refractivity contribution in [3.8, 4) is 5.75 Å². The number of rotatable bonds is 10. The second-order valence-corrected chi connectivity index (χ2v) is 8.65. The highest BCUT2D eigenvalue weighted by atomic mass is 32.1. The van der Waals surface area contributed by atoms with Crippen molar-refractivity contribution in [1.82, 2.24) is 9.55 Å². The van der Waals surface area contributed by atoms with Crippen molar-refractivity contribution >= 4 is 34.7 Å². The fourth-order valence-corrected chi connectivity index (χ4v) is 4.27. The molecule has 2 aromatic carbocycles. The van der Waals surface area contributed by atoms with Crippen molar-refractivity contribution in [3.05, 3.63) is 63.7 Å². The Kier molecular flexibility index (Phi) is 7.91. The lowest BCUT2D eigenvalue weighted by atomic mass is 10.1. The maximum absolute atomic E-state index is 12.7. The summed E-state index contributed by atoms with van der Waals surface area (Å²) in [5.41, 5.74) is 1.40. The quantitative estimate of drug-likeness (QED) is 0.330.